The van der Waals surface area contributed by atoms with Crippen LogP contribution in [-0.4, -0.2) is 35.4 Å². The molecule has 1 saturated carbocycles. The second kappa shape index (κ2) is 8.71. The Hall–Kier alpha value is -3.05. The van der Waals surface area contributed by atoms with Crippen LogP contribution in [0.4, 0.5) is 17.6 Å². The summed E-state index contributed by atoms with van der Waals surface area (Å²) in [5, 5.41) is 9.02. The van der Waals surface area contributed by atoms with Gasteiger partial charge in [-0.25, -0.2) is 4.39 Å². The highest BCUT2D eigenvalue weighted by atomic mass is 19.4. The lowest BCUT2D eigenvalue weighted by Gasteiger charge is -2.36. The quantitative estimate of drug-likeness (QED) is 0.498. The van der Waals surface area contributed by atoms with Gasteiger partial charge in [-0.2, -0.15) is 0 Å². The molecular weight excluding hydrogens is 438 g/mol. The van der Waals surface area contributed by atoms with Crippen LogP contribution < -0.4 is 4.74 Å². The first-order valence-electron chi connectivity index (χ1n) is 10.7. The van der Waals surface area contributed by atoms with Gasteiger partial charge in [-0.1, -0.05) is 24.8 Å². The van der Waals surface area contributed by atoms with E-state index in [1.54, 1.807) is 0 Å². The molecule has 1 atom stereocenters. The van der Waals surface area contributed by atoms with Gasteiger partial charge in [0.25, 0.3) is 0 Å². The molecule has 1 heterocycles. The minimum Gasteiger partial charge on any atom is -0.481 e. The van der Waals surface area contributed by atoms with Crippen molar-refractivity contribution in [3.05, 3.63) is 64.5 Å². The number of ether oxygens (including phenoxy) is 1. The highest BCUT2D eigenvalue weighted by molar-refractivity contribution is 5.67. The third-order valence-electron chi connectivity index (χ3n) is 6.06. The number of benzene rings is 2. The molecule has 33 heavy (non-hydrogen) atoms. The van der Waals surface area contributed by atoms with E-state index in [2.05, 4.69) is 21.5 Å². The summed E-state index contributed by atoms with van der Waals surface area (Å²) in [5.41, 5.74) is 3.52. The Morgan fingerprint density at radius 1 is 1.18 bits per heavy atom. The van der Waals surface area contributed by atoms with Crippen LogP contribution in [-0.2, 0) is 16.8 Å². The molecule has 0 aromatic heterocycles. The normalized spacial score (nSPS) is 17.6. The Labute approximate surface area is 189 Å². The maximum atomic E-state index is 13.9. The predicted molar refractivity (Wildman–Crippen MR) is 113 cm³/mol. The number of halogens is 4. The van der Waals surface area contributed by atoms with Crippen LogP contribution in [0.15, 0.2) is 36.4 Å². The van der Waals surface area contributed by atoms with Gasteiger partial charge in [-0.05, 0) is 60.2 Å². The van der Waals surface area contributed by atoms with E-state index >= 15 is 0 Å². The molecule has 4 rings (SSSR count). The summed E-state index contributed by atoms with van der Waals surface area (Å²) in [4.78, 5) is 13.3. The maximum Gasteiger partial charge on any atom is 0.573 e. The Morgan fingerprint density at radius 3 is 2.45 bits per heavy atom. The van der Waals surface area contributed by atoms with Crippen molar-refractivity contribution < 1.29 is 32.2 Å². The fourth-order valence-electron chi connectivity index (χ4n) is 4.54. The summed E-state index contributed by atoms with van der Waals surface area (Å²) in [6.45, 7) is 4.31. The smallest absolute Gasteiger partial charge is 0.481 e. The predicted octanol–water partition coefficient (Wildman–Crippen LogP) is 5.08. The lowest BCUT2D eigenvalue weighted by atomic mass is 9.85. The number of aliphatic carboxylic acids is 1. The summed E-state index contributed by atoms with van der Waals surface area (Å²) in [5.74, 6) is 3.05. The molecule has 2 aliphatic rings. The van der Waals surface area contributed by atoms with E-state index in [9.17, 15) is 22.4 Å². The molecule has 2 aromatic carbocycles. The third kappa shape index (κ3) is 5.66. The molecule has 1 N–H and O–H groups in total. The van der Waals surface area contributed by atoms with Gasteiger partial charge in [0, 0.05) is 42.6 Å². The zero-order valence-corrected chi connectivity index (χ0v) is 18.0. The number of alkyl halides is 3. The summed E-state index contributed by atoms with van der Waals surface area (Å²) < 4.78 is 54.4. The lowest BCUT2D eigenvalue weighted by Crippen LogP contribution is -2.40. The molecule has 1 unspecified atom stereocenters. The number of hydrogen-bond acceptors (Lipinski definition) is 3. The standard InChI is InChI=1S/C25H23F4NO3/c1-16(10-23(31)32)13-30-14-19-6-4-17(11-20(19)24(15-30)8-9-24)2-3-18-5-7-22(21(26)12-18)33-25(27,28)29/h4-7,11-12,16H,8-10,13-15H2,1H3,(H,31,32). The minimum atomic E-state index is -4.96. The number of carboxylic acid groups (broad SMARTS) is 1. The van der Waals surface area contributed by atoms with Crippen molar-refractivity contribution >= 4 is 5.97 Å². The second-order valence-corrected chi connectivity index (χ2v) is 8.97. The Kier molecular flexibility index (Phi) is 6.10. The topological polar surface area (TPSA) is 49.8 Å². The monoisotopic (exact) mass is 461 g/mol. The Morgan fingerprint density at radius 2 is 1.85 bits per heavy atom. The van der Waals surface area contributed by atoms with Crippen LogP contribution >= 0.6 is 0 Å². The van der Waals surface area contributed by atoms with Crippen molar-refractivity contribution in [2.75, 3.05) is 13.1 Å². The SMILES string of the molecule is CC(CC(=O)O)CN1Cc2ccc(C#Cc3ccc(OC(F)(F)F)c(F)c3)cc2C2(CC2)C1. The van der Waals surface area contributed by atoms with Crippen molar-refractivity contribution in [1.82, 2.24) is 4.90 Å². The van der Waals surface area contributed by atoms with Crippen LogP contribution in [0.25, 0.3) is 0 Å². The first kappa shape index (κ1) is 23.1. The molecule has 1 fully saturated rings. The van der Waals surface area contributed by atoms with Crippen LogP contribution in [0.3, 0.4) is 0 Å². The van der Waals surface area contributed by atoms with Crippen LogP contribution in [0.2, 0.25) is 0 Å². The number of carboxylic acids is 1. The highest BCUT2D eigenvalue weighted by Gasteiger charge is 2.49. The van der Waals surface area contributed by atoms with Crippen LogP contribution in [0.5, 0.6) is 5.75 Å². The molecular formula is C25H23F4NO3. The van der Waals surface area contributed by atoms with Gasteiger partial charge in [0.1, 0.15) is 0 Å². The number of carbonyl (C=O) groups is 1. The second-order valence-electron chi connectivity index (χ2n) is 8.97. The zero-order chi connectivity index (χ0) is 23.8. The largest absolute Gasteiger partial charge is 0.573 e. The molecule has 1 aliphatic heterocycles. The molecule has 0 radical (unpaired) electrons. The Balaban J connectivity index is 1.50. The van der Waals surface area contributed by atoms with Gasteiger partial charge >= 0.3 is 12.3 Å². The third-order valence-corrected chi connectivity index (χ3v) is 6.06. The molecule has 8 heteroatoms. The maximum absolute atomic E-state index is 13.9. The Bertz CT molecular complexity index is 1130. The van der Waals surface area contributed by atoms with Gasteiger partial charge in [-0.15, -0.1) is 13.2 Å². The average Bonchev–Trinajstić information content (AvgIpc) is 3.46. The minimum absolute atomic E-state index is 0.0664. The average molecular weight is 461 g/mol. The van der Waals surface area contributed by atoms with Gasteiger partial charge in [-0.3, -0.25) is 9.69 Å². The van der Waals surface area contributed by atoms with Crippen LogP contribution in [0, 0.1) is 23.6 Å². The zero-order valence-electron chi connectivity index (χ0n) is 18.0. The van der Waals surface area contributed by atoms with E-state index in [4.69, 9.17) is 5.11 Å². The van der Waals surface area contributed by atoms with E-state index in [-0.39, 0.29) is 23.3 Å². The van der Waals surface area contributed by atoms with Crippen molar-refractivity contribution in [2.24, 2.45) is 5.92 Å². The number of hydrogen-bond donors (Lipinski definition) is 1. The number of rotatable bonds is 5. The van der Waals surface area contributed by atoms with E-state index in [1.807, 2.05) is 25.1 Å². The number of fused-ring (bicyclic) bond motifs is 2. The molecule has 0 amide bonds. The number of nitrogens with zero attached hydrogens (tertiary/aromatic N) is 1. The molecule has 2 aromatic rings. The first-order chi connectivity index (χ1) is 15.5. The summed E-state index contributed by atoms with van der Waals surface area (Å²) in [6, 6.07) is 9.07. The fourth-order valence-corrected chi connectivity index (χ4v) is 4.54. The van der Waals surface area contributed by atoms with E-state index < -0.39 is 23.9 Å². The van der Waals surface area contributed by atoms with Crippen molar-refractivity contribution in [3.63, 3.8) is 0 Å². The van der Waals surface area contributed by atoms with Gasteiger partial charge in [0.05, 0.1) is 0 Å². The molecule has 174 valence electrons. The van der Waals surface area contributed by atoms with Crippen LogP contribution in [0.1, 0.15) is 48.4 Å². The summed E-state index contributed by atoms with van der Waals surface area (Å²) >= 11 is 0. The van der Waals surface area contributed by atoms with Gasteiger partial charge in [0.15, 0.2) is 11.6 Å². The van der Waals surface area contributed by atoms with Gasteiger partial charge < -0.3 is 9.84 Å². The van der Waals surface area contributed by atoms with Gasteiger partial charge in [0.2, 0.25) is 0 Å². The summed E-state index contributed by atoms with van der Waals surface area (Å²) in [7, 11) is 0. The lowest BCUT2D eigenvalue weighted by molar-refractivity contribution is -0.275. The molecule has 0 bridgehead atoms. The van der Waals surface area contributed by atoms with E-state index in [0.29, 0.717) is 0 Å². The first-order valence-corrected chi connectivity index (χ1v) is 10.7. The molecule has 1 aliphatic carbocycles. The van der Waals surface area contributed by atoms with E-state index in [1.165, 1.54) is 17.2 Å². The highest BCUT2D eigenvalue weighted by Crippen LogP contribution is 2.52. The summed E-state index contributed by atoms with van der Waals surface area (Å²) in [6.07, 6.45) is -2.69. The molecule has 1 spiro atoms. The van der Waals surface area contributed by atoms with Crippen molar-refractivity contribution in [2.45, 2.75) is 44.5 Å². The molecule has 4 nitrogen and oxygen atoms in total. The molecule has 0 saturated heterocycles. The van der Waals surface area contributed by atoms with Crippen molar-refractivity contribution in [3.8, 4) is 17.6 Å². The van der Waals surface area contributed by atoms with Crippen molar-refractivity contribution in [1.29, 1.82) is 0 Å². The fraction of sp³-hybridized carbons (Fsp3) is 0.400. The van der Waals surface area contributed by atoms with E-state index in [0.717, 1.165) is 50.2 Å².